The number of carbonyl (C=O) groups is 1. The van der Waals surface area contributed by atoms with Crippen LogP contribution in [0.15, 0.2) is 42.5 Å². The largest absolute Gasteiger partial charge is 0.496 e. The number of ether oxygens (including phenoxy) is 2. The van der Waals surface area contributed by atoms with Crippen LogP contribution in [0.5, 0.6) is 11.5 Å². The van der Waals surface area contributed by atoms with E-state index in [2.05, 4.69) is 0 Å². The summed E-state index contributed by atoms with van der Waals surface area (Å²) in [5.41, 5.74) is 1.98. The molecule has 0 fully saturated rings. The number of hydrogen-bond acceptors (Lipinski definition) is 3. The van der Waals surface area contributed by atoms with Crippen molar-refractivity contribution in [3.8, 4) is 11.5 Å². The van der Waals surface area contributed by atoms with E-state index in [0.717, 1.165) is 16.9 Å². The zero-order valence-corrected chi connectivity index (χ0v) is 14.9. The van der Waals surface area contributed by atoms with Crippen LogP contribution in [0, 0.1) is 12.7 Å². The maximum absolute atomic E-state index is 12.8. The van der Waals surface area contributed by atoms with Crippen molar-refractivity contribution in [3.63, 3.8) is 0 Å². The summed E-state index contributed by atoms with van der Waals surface area (Å²) in [5, 5.41) is 0. The molecule has 5 heteroatoms. The van der Waals surface area contributed by atoms with Crippen LogP contribution < -0.4 is 9.47 Å². The van der Waals surface area contributed by atoms with E-state index < -0.39 is 0 Å². The van der Waals surface area contributed by atoms with Crippen molar-refractivity contribution in [3.05, 3.63) is 59.4 Å². The maximum atomic E-state index is 12.8. The zero-order valence-electron chi connectivity index (χ0n) is 14.9. The fraction of sp³-hybridized carbons (Fsp3) is 0.350. The second-order valence-electron chi connectivity index (χ2n) is 5.95. The van der Waals surface area contributed by atoms with E-state index in [1.165, 1.54) is 12.1 Å². The Morgan fingerprint density at radius 1 is 1.16 bits per heavy atom. The van der Waals surface area contributed by atoms with Gasteiger partial charge < -0.3 is 14.4 Å². The molecule has 0 spiro atoms. The first-order valence-electron chi connectivity index (χ1n) is 8.25. The summed E-state index contributed by atoms with van der Waals surface area (Å²) in [4.78, 5) is 14.0. The summed E-state index contributed by atoms with van der Waals surface area (Å²) in [6.45, 7) is 3.04. The molecule has 134 valence electrons. The van der Waals surface area contributed by atoms with E-state index in [1.807, 2.05) is 25.1 Å². The molecule has 0 saturated carbocycles. The number of hydrogen-bond donors (Lipinski definition) is 0. The number of aryl methyl sites for hydroxylation is 1. The van der Waals surface area contributed by atoms with Crippen LogP contribution in [0.1, 0.15) is 17.5 Å². The highest BCUT2D eigenvalue weighted by Crippen LogP contribution is 2.19. The lowest BCUT2D eigenvalue weighted by Gasteiger charge is -2.18. The molecule has 0 aromatic heterocycles. The molecule has 0 aliphatic rings. The standard InChI is InChI=1S/C20H24FNO3/c1-15-5-6-16(13-19(15)24-3)14-20(23)22(2)11-4-12-25-18-9-7-17(21)8-10-18/h5-10,13H,4,11-12,14H2,1-3H3. The Labute approximate surface area is 148 Å². The van der Waals surface area contributed by atoms with Gasteiger partial charge in [-0.2, -0.15) is 0 Å². The Bertz CT molecular complexity index is 701. The predicted octanol–water partition coefficient (Wildman–Crippen LogP) is 3.61. The molecular formula is C20H24FNO3. The number of carbonyl (C=O) groups excluding carboxylic acids is 1. The minimum absolute atomic E-state index is 0.0488. The van der Waals surface area contributed by atoms with E-state index in [9.17, 15) is 9.18 Å². The zero-order chi connectivity index (χ0) is 18.2. The number of rotatable bonds is 8. The number of methoxy groups -OCH3 is 1. The first kappa shape index (κ1) is 18.8. The third kappa shape index (κ3) is 5.78. The van der Waals surface area contributed by atoms with Gasteiger partial charge in [0.1, 0.15) is 17.3 Å². The molecule has 0 atom stereocenters. The van der Waals surface area contributed by atoms with Crippen LogP contribution in [0.4, 0.5) is 4.39 Å². The van der Waals surface area contributed by atoms with E-state index in [1.54, 1.807) is 31.2 Å². The van der Waals surface area contributed by atoms with Crippen LogP contribution in [0.2, 0.25) is 0 Å². The summed E-state index contributed by atoms with van der Waals surface area (Å²) in [5.74, 6) is 1.18. The van der Waals surface area contributed by atoms with Crippen LogP contribution in [-0.4, -0.2) is 38.1 Å². The molecule has 25 heavy (non-hydrogen) atoms. The van der Waals surface area contributed by atoms with Crippen molar-refractivity contribution in [2.75, 3.05) is 27.3 Å². The van der Waals surface area contributed by atoms with Gasteiger partial charge in [-0.05, 0) is 54.8 Å². The fourth-order valence-electron chi connectivity index (χ4n) is 2.43. The van der Waals surface area contributed by atoms with Gasteiger partial charge in [-0.3, -0.25) is 4.79 Å². The first-order chi connectivity index (χ1) is 12.0. The Kier molecular flexibility index (Phi) is 6.81. The van der Waals surface area contributed by atoms with Crippen molar-refractivity contribution in [1.82, 2.24) is 4.90 Å². The minimum atomic E-state index is -0.287. The lowest BCUT2D eigenvalue weighted by atomic mass is 10.1. The van der Waals surface area contributed by atoms with Crippen molar-refractivity contribution < 1.29 is 18.7 Å². The molecule has 0 radical (unpaired) electrons. The molecule has 0 saturated heterocycles. The summed E-state index contributed by atoms with van der Waals surface area (Å²) >= 11 is 0. The highest BCUT2D eigenvalue weighted by Gasteiger charge is 2.11. The molecule has 2 aromatic rings. The van der Waals surface area contributed by atoms with Gasteiger partial charge >= 0.3 is 0 Å². The predicted molar refractivity (Wildman–Crippen MR) is 95.6 cm³/mol. The van der Waals surface area contributed by atoms with E-state index >= 15 is 0 Å². The molecular weight excluding hydrogens is 321 g/mol. The topological polar surface area (TPSA) is 38.8 Å². The Morgan fingerprint density at radius 2 is 1.88 bits per heavy atom. The Morgan fingerprint density at radius 3 is 2.56 bits per heavy atom. The smallest absolute Gasteiger partial charge is 0.226 e. The minimum Gasteiger partial charge on any atom is -0.496 e. The summed E-state index contributed by atoms with van der Waals surface area (Å²) < 4.78 is 23.6. The second kappa shape index (κ2) is 9.06. The van der Waals surface area contributed by atoms with Crippen molar-refractivity contribution >= 4 is 5.91 Å². The molecule has 1 amide bonds. The van der Waals surface area contributed by atoms with Gasteiger partial charge in [0.15, 0.2) is 0 Å². The van der Waals surface area contributed by atoms with Crippen LogP contribution >= 0.6 is 0 Å². The highest BCUT2D eigenvalue weighted by molar-refractivity contribution is 5.78. The molecule has 0 aliphatic heterocycles. The molecule has 0 aliphatic carbocycles. The van der Waals surface area contributed by atoms with Gasteiger partial charge in [0.05, 0.1) is 20.1 Å². The molecule has 0 heterocycles. The SMILES string of the molecule is COc1cc(CC(=O)N(C)CCCOc2ccc(F)cc2)ccc1C. The quantitative estimate of drug-likeness (QED) is 0.686. The number of likely N-dealkylation sites (N-methyl/N-ethyl adjacent to an activating group) is 1. The molecule has 2 aromatic carbocycles. The third-order valence-corrected chi connectivity index (χ3v) is 3.97. The molecule has 2 rings (SSSR count). The van der Waals surface area contributed by atoms with Gasteiger partial charge in [-0.15, -0.1) is 0 Å². The highest BCUT2D eigenvalue weighted by atomic mass is 19.1. The Balaban J connectivity index is 1.75. The van der Waals surface area contributed by atoms with Gasteiger partial charge in [0.25, 0.3) is 0 Å². The summed E-state index contributed by atoms with van der Waals surface area (Å²) in [6.07, 6.45) is 1.04. The summed E-state index contributed by atoms with van der Waals surface area (Å²) in [6, 6.07) is 11.7. The maximum Gasteiger partial charge on any atom is 0.226 e. The lowest BCUT2D eigenvalue weighted by molar-refractivity contribution is -0.129. The Hall–Kier alpha value is -2.56. The van der Waals surface area contributed by atoms with Gasteiger partial charge in [0.2, 0.25) is 5.91 Å². The van der Waals surface area contributed by atoms with Gasteiger partial charge in [-0.1, -0.05) is 12.1 Å². The first-order valence-corrected chi connectivity index (χ1v) is 8.25. The van der Waals surface area contributed by atoms with Crippen LogP contribution in [0.25, 0.3) is 0 Å². The summed E-state index contributed by atoms with van der Waals surface area (Å²) in [7, 11) is 3.41. The van der Waals surface area contributed by atoms with E-state index in [4.69, 9.17) is 9.47 Å². The van der Waals surface area contributed by atoms with Crippen molar-refractivity contribution in [1.29, 1.82) is 0 Å². The van der Waals surface area contributed by atoms with Crippen LogP contribution in [-0.2, 0) is 11.2 Å². The number of halogens is 1. The van der Waals surface area contributed by atoms with Crippen molar-refractivity contribution in [2.24, 2.45) is 0 Å². The van der Waals surface area contributed by atoms with E-state index in [-0.39, 0.29) is 11.7 Å². The lowest BCUT2D eigenvalue weighted by Crippen LogP contribution is -2.30. The number of amides is 1. The molecule has 4 nitrogen and oxygen atoms in total. The fourth-order valence-corrected chi connectivity index (χ4v) is 2.43. The monoisotopic (exact) mass is 345 g/mol. The average molecular weight is 345 g/mol. The average Bonchev–Trinajstić information content (AvgIpc) is 2.61. The molecule has 0 N–H and O–H groups in total. The molecule has 0 unspecified atom stereocenters. The normalized spacial score (nSPS) is 10.4. The van der Waals surface area contributed by atoms with Crippen LogP contribution in [0.3, 0.4) is 0 Å². The number of benzene rings is 2. The molecule has 0 bridgehead atoms. The third-order valence-electron chi connectivity index (χ3n) is 3.97. The van der Waals surface area contributed by atoms with Gasteiger partial charge in [0, 0.05) is 13.6 Å². The van der Waals surface area contributed by atoms with Crippen molar-refractivity contribution in [2.45, 2.75) is 19.8 Å². The van der Waals surface area contributed by atoms with Gasteiger partial charge in [-0.25, -0.2) is 4.39 Å². The number of nitrogens with zero attached hydrogens (tertiary/aromatic N) is 1. The second-order valence-corrected chi connectivity index (χ2v) is 5.95. The van der Waals surface area contributed by atoms with E-state index in [0.29, 0.717) is 31.7 Å².